The molecule has 7 heteroatoms. The largest absolute Gasteiger partial charge is 0.347 e. The van der Waals surface area contributed by atoms with Crippen molar-refractivity contribution in [1.82, 2.24) is 10.6 Å². The Balaban J connectivity index is 0.000000117. The van der Waals surface area contributed by atoms with Gasteiger partial charge in [-0.3, -0.25) is 9.59 Å². The molecule has 0 saturated heterocycles. The molecule has 2 N–H and O–H groups in total. The van der Waals surface area contributed by atoms with Crippen LogP contribution in [0.3, 0.4) is 0 Å². The summed E-state index contributed by atoms with van der Waals surface area (Å²) >= 11 is 6.32. The van der Waals surface area contributed by atoms with Gasteiger partial charge < -0.3 is 10.6 Å². The third kappa shape index (κ3) is 2.45. The van der Waals surface area contributed by atoms with Crippen molar-refractivity contribution in [3.05, 3.63) is 42.2 Å². The molecular formula is C12H9BrN2O2S2. The highest BCUT2D eigenvalue weighted by Crippen LogP contribution is 2.29. The van der Waals surface area contributed by atoms with E-state index in [0.717, 1.165) is 31.2 Å². The Kier molecular flexibility index (Phi) is 3.42. The second-order valence-electron chi connectivity index (χ2n) is 4.05. The number of carbonyl (C=O) groups excluding carboxylic acids is 2. The van der Waals surface area contributed by atoms with Crippen molar-refractivity contribution in [3.8, 4) is 0 Å². The number of halogens is 1. The summed E-state index contributed by atoms with van der Waals surface area (Å²) in [4.78, 5) is 23.5. The van der Waals surface area contributed by atoms with Gasteiger partial charge in [0.2, 0.25) is 0 Å². The van der Waals surface area contributed by atoms with Gasteiger partial charge in [-0.15, -0.1) is 22.7 Å². The number of amides is 2. The minimum Gasteiger partial charge on any atom is -0.347 e. The van der Waals surface area contributed by atoms with E-state index in [1.807, 2.05) is 17.5 Å². The molecule has 4 rings (SSSR count). The van der Waals surface area contributed by atoms with Crippen LogP contribution in [-0.4, -0.2) is 11.8 Å². The normalized spacial score (nSPS) is 15.2. The Morgan fingerprint density at radius 1 is 1.05 bits per heavy atom. The molecule has 2 amide bonds. The van der Waals surface area contributed by atoms with Gasteiger partial charge in [0.1, 0.15) is 0 Å². The summed E-state index contributed by atoms with van der Waals surface area (Å²) in [6.45, 7) is 1.41. The number of thiophene rings is 2. The zero-order valence-corrected chi connectivity index (χ0v) is 12.9. The van der Waals surface area contributed by atoms with Crippen LogP contribution in [0.5, 0.6) is 0 Å². The van der Waals surface area contributed by atoms with Gasteiger partial charge in [0.15, 0.2) is 0 Å². The van der Waals surface area contributed by atoms with Crippen molar-refractivity contribution in [2.45, 2.75) is 13.1 Å². The lowest BCUT2D eigenvalue weighted by atomic mass is 10.3. The Labute approximate surface area is 126 Å². The maximum atomic E-state index is 11.0. The van der Waals surface area contributed by atoms with Gasteiger partial charge in [0.05, 0.1) is 13.5 Å². The standard InChI is InChI=1S/C6H4BrNOS.C6H5NOS/c7-4-1-3-2-8-6(9)5(3)10-4;8-6-5-4(3-7-6)1-2-9-5/h1H,2H2,(H,8,9);1-2H,3H2,(H,7,8). The van der Waals surface area contributed by atoms with Gasteiger partial charge in [-0.1, -0.05) is 0 Å². The summed E-state index contributed by atoms with van der Waals surface area (Å²) in [6.07, 6.45) is 0. The van der Waals surface area contributed by atoms with Gasteiger partial charge in [-0.05, 0) is 44.6 Å². The molecule has 0 aromatic carbocycles. The van der Waals surface area contributed by atoms with Crippen LogP contribution in [0.4, 0.5) is 0 Å². The molecule has 2 aliphatic heterocycles. The molecule has 4 nitrogen and oxygen atoms in total. The molecular weight excluding hydrogens is 348 g/mol. The fourth-order valence-electron chi connectivity index (χ4n) is 1.90. The minimum absolute atomic E-state index is 0.0608. The van der Waals surface area contributed by atoms with Gasteiger partial charge in [0.25, 0.3) is 11.8 Å². The van der Waals surface area contributed by atoms with Crippen molar-refractivity contribution >= 4 is 50.4 Å². The quantitative estimate of drug-likeness (QED) is 0.762. The van der Waals surface area contributed by atoms with E-state index in [9.17, 15) is 9.59 Å². The fraction of sp³-hybridized carbons (Fsp3) is 0.167. The van der Waals surface area contributed by atoms with Gasteiger partial charge in [-0.2, -0.15) is 0 Å². The summed E-state index contributed by atoms with van der Waals surface area (Å²) in [7, 11) is 0. The molecule has 0 radical (unpaired) electrons. The Morgan fingerprint density at radius 2 is 1.74 bits per heavy atom. The van der Waals surface area contributed by atoms with E-state index in [1.54, 1.807) is 0 Å². The first-order valence-electron chi connectivity index (χ1n) is 5.56. The van der Waals surface area contributed by atoms with E-state index in [0.29, 0.717) is 6.54 Å². The first-order chi connectivity index (χ1) is 9.15. The topological polar surface area (TPSA) is 58.2 Å². The molecule has 2 aromatic rings. The molecule has 98 valence electrons. The van der Waals surface area contributed by atoms with E-state index in [1.165, 1.54) is 22.7 Å². The second-order valence-corrected chi connectivity index (χ2v) is 7.39. The van der Waals surface area contributed by atoms with Gasteiger partial charge in [0, 0.05) is 13.1 Å². The Hall–Kier alpha value is -1.18. The summed E-state index contributed by atoms with van der Waals surface area (Å²) in [5.41, 5.74) is 2.26. The fourth-order valence-corrected chi connectivity index (χ4v) is 4.33. The van der Waals surface area contributed by atoms with E-state index in [-0.39, 0.29) is 11.8 Å². The van der Waals surface area contributed by atoms with Crippen molar-refractivity contribution in [1.29, 1.82) is 0 Å². The zero-order valence-electron chi connectivity index (χ0n) is 9.66. The molecule has 2 aromatic heterocycles. The van der Waals surface area contributed by atoms with Gasteiger partial charge >= 0.3 is 0 Å². The average Bonchev–Trinajstić information content (AvgIpc) is 3.08. The summed E-state index contributed by atoms with van der Waals surface area (Å²) in [5.74, 6) is 0.144. The first kappa shape index (κ1) is 12.8. The predicted molar refractivity (Wildman–Crippen MR) is 78.7 cm³/mol. The van der Waals surface area contributed by atoms with Crippen LogP contribution < -0.4 is 10.6 Å². The van der Waals surface area contributed by atoms with Crippen LogP contribution >= 0.6 is 38.6 Å². The predicted octanol–water partition coefficient (Wildman–Crippen LogP) is 2.75. The monoisotopic (exact) mass is 356 g/mol. The molecule has 2 aliphatic rings. The van der Waals surface area contributed by atoms with Crippen LogP contribution in [-0.2, 0) is 13.1 Å². The lowest BCUT2D eigenvalue weighted by molar-refractivity contribution is 0.0961. The second kappa shape index (κ2) is 5.07. The molecule has 4 heterocycles. The third-order valence-corrected chi connectivity index (χ3v) is 5.45. The smallest absolute Gasteiger partial charge is 0.262 e. The van der Waals surface area contributed by atoms with Crippen LogP contribution in [0.25, 0.3) is 0 Å². The molecule has 0 spiro atoms. The molecule has 0 bridgehead atoms. The van der Waals surface area contributed by atoms with Crippen LogP contribution in [0.15, 0.2) is 21.3 Å². The van der Waals surface area contributed by atoms with E-state index in [4.69, 9.17) is 0 Å². The highest BCUT2D eigenvalue weighted by Gasteiger charge is 2.21. The average molecular weight is 357 g/mol. The summed E-state index contributed by atoms with van der Waals surface area (Å²) < 4.78 is 1.03. The van der Waals surface area contributed by atoms with Crippen molar-refractivity contribution < 1.29 is 9.59 Å². The summed E-state index contributed by atoms with van der Waals surface area (Å²) in [5, 5.41) is 7.43. The lowest BCUT2D eigenvalue weighted by Crippen LogP contribution is -2.12. The Bertz CT molecular complexity index is 662. The van der Waals surface area contributed by atoms with Gasteiger partial charge in [-0.25, -0.2) is 0 Å². The number of nitrogens with one attached hydrogen (secondary N) is 2. The molecule has 0 saturated carbocycles. The maximum absolute atomic E-state index is 11.0. The summed E-state index contributed by atoms with van der Waals surface area (Å²) in [6, 6.07) is 3.97. The Morgan fingerprint density at radius 3 is 2.42 bits per heavy atom. The van der Waals surface area contributed by atoms with E-state index in [2.05, 4.69) is 26.6 Å². The van der Waals surface area contributed by atoms with Crippen LogP contribution in [0.1, 0.15) is 30.5 Å². The maximum Gasteiger partial charge on any atom is 0.262 e. The highest BCUT2D eigenvalue weighted by molar-refractivity contribution is 9.11. The lowest BCUT2D eigenvalue weighted by Gasteiger charge is -1.86. The number of rotatable bonds is 0. The minimum atomic E-state index is 0.0608. The zero-order chi connectivity index (χ0) is 13.4. The molecule has 0 unspecified atom stereocenters. The molecule has 0 fully saturated rings. The van der Waals surface area contributed by atoms with E-state index < -0.39 is 0 Å². The number of carbonyl (C=O) groups is 2. The molecule has 0 aliphatic carbocycles. The third-order valence-electron chi connectivity index (χ3n) is 2.82. The highest BCUT2D eigenvalue weighted by atomic mass is 79.9. The molecule has 19 heavy (non-hydrogen) atoms. The number of hydrogen-bond acceptors (Lipinski definition) is 4. The number of hydrogen-bond donors (Lipinski definition) is 2. The van der Waals surface area contributed by atoms with Crippen LogP contribution in [0.2, 0.25) is 0 Å². The first-order valence-corrected chi connectivity index (χ1v) is 8.05. The van der Waals surface area contributed by atoms with Crippen molar-refractivity contribution in [2.75, 3.05) is 0 Å². The molecule has 0 atom stereocenters. The van der Waals surface area contributed by atoms with E-state index >= 15 is 0 Å². The van der Waals surface area contributed by atoms with Crippen molar-refractivity contribution in [3.63, 3.8) is 0 Å². The SMILES string of the molecule is O=C1NCc2cc(Br)sc21.O=C1NCc2ccsc21. The van der Waals surface area contributed by atoms with Crippen molar-refractivity contribution in [2.24, 2.45) is 0 Å². The van der Waals surface area contributed by atoms with Crippen LogP contribution in [0, 0.1) is 0 Å². The number of fused-ring (bicyclic) bond motifs is 2.